The summed E-state index contributed by atoms with van der Waals surface area (Å²) in [5, 5.41) is 20.7. The van der Waals surface area contributed by atoms with Crippen LogP contribution in [0.2, 0.25) is 0 Å². The highest BCUT2D eigenvalue weighted by Crippen LogP contribution is 2.21. The third kappa shape index (κ3) is 4.81. The standard InChI is InChI=1S/C19H20O6/c1-11(2)4-8-15(20)12(3)18(22)19(23)24-14-7-5-13-6-9-17(21)25-16(13)10-14/h4-7,9-10,15,20,22H,8H2,1-3H3/b18-12+. The maximum absolute atomic E-state index is 12.1. The average molecular weight is 344 g/mol. The molecular formula is C19H20O6. The van der Waals surface area contributed by atoms with E-state index in [1.807, 2.05) is 13.8 Å². The summed E-state index contributed by atoms with van der Waals surface area (Å²) in [6.07, 6.45) is 1.10. The number of fused-ring (bicyclic) bond motifs is 1. The van der Waals surface area contributed by atoms with Crippen LogP contribution in [0, 0.1) is 0 Å². The fraction of sp³-hybridized carbons (Fsp3) is 0.263. The molecule has 0 amide bonds. The maximum Gasteiger partial charge on any atom is 0.378 e. The zero-order valence-corrected chi connectivity index (χ0v) is 14.3. The van der Waals surface area contributed by atoms with Crippen molar-refractivity contribution in [2.75, 3.05) is 0 Å². The summed E-state index contributed by atoms with van der Waals surface area (Å²) < 4.78 is 10.1. The van der Waals surface area contributed by atoms with Gasteiger partial charge in [0, 0.05) is 23.1 Å². The van der Waals surface area contributed by atoms with E-state index in [0.29, 0.717) is 5.39 Å². The van der Waals surface area contributed by atoms with Crippen LogP contribution in [0.15, 0.2) is 62.5 Å². The summed E-state index contributed by atoms with van der Waals surface area (Å²) in [4.78, 5) is 23.3. The van der Waals surface area contributed by atoms with E-state index in [0.717, 1.165) is 5.57 Å². The number of hydrogen-bond acceptors (Lipinski definition) is 6. The van der Waals surface area contributed by atoms with E-state index < -0.39 is 23.5 Å². The Morgan fingerprint density at radius 3 is 2.60 bits per heavy atom. The van der Waals surface area contributed by atoms with Crippen LogP contribution in [-0.2, 0) is 4.79 Å². The van der Waals surface area contributed by atoms with Gasteiger partial charge >= 0.3 is 11.6 Å². The molecule has 132 valence electrons. The molecular weight excluding hydrogens is 324 g/mol. The van der Waals surface area contributed by atoms with Crippen molar-refractivity contribution in [2.24, 2.45) is 0 Å². The van der Waals surface area contributed by atoms with Gasteiger partial charge in [0.1, 0.15) is 11.3 Å². The topological polar surface area (TPSA) is 97.0 Å². The zero-order chi connectivity index (χ0) is 18.6. The Hall–Kier alpha value is -2.86. The van der Waals surface area contributed by atoms with Gasteiger partial charge in [0.25, 0.3) is 0 Å². The number of carbonyl (C=O) groups is 1. The van der Waals surface area contributed by atoms with Gasteiger partial charge in [-0.2, -0.15) is 0 Å². The van der Waals surface area contributed by atoms with E-state index in [-0.39, 0.29) is 23.3 Å². The van der Waals surface area contributed by atoms with Gasteiger partial charge in [0.2, 0.25) is 5.76 Å². The van der Waals surface area contributed by atoms with Crippen LogP contribution in [0.25, 0.3) is 11.0 Å². The van der Waals surface area contributed by atoms with Crippen molar-refractivity contribution in [1.82, 2.24) is 0 Å². The number of allylic oxidation sites excluding steroid dienone is 1. The quantitative estimate of drug-likeness (QED) is 0.216. The summed E-state index contributed by atoms with van der Waals surface area (Å²) >= 11 is 0. The lowest BCUT2D eigenvalue weighted by atomic mass is 10.1. The Morgan fingerprint density at radius 1 is 1.24 bits per heavy atom. The van der Waals surface area contributed by atoms with Crippen LogP contribution in [0.1, 0.15) is 27.2 Å². The molecule has 1 aromatic carbocycles. The summed E-state index contributed by atoms with van der Waals surface area (Å²) in [5.41, 5.74) is 0.889. The molecule has 0 aliphatic rings. The molecule has 1 unspecified atom stereocenters. The lowest BCUT2D eigenvalue weighted by molar-refractivity contribution is -0.133. The van der Waals surface area contributed by atoms with Crippen LogP contribution < -0.4 is 10.4 Å². The van der Waals surface area contributed by atoms with Crippen molar-refractivity contribution in [2.45, 2.75) is 33.3 Å². The third-order valence-corrected chi connectivity index (χ3v) is 3.62. The predicted molar refractivity (Wildman–Crippen MR) is 93.5 cm³/mol. The van der Waals surface area contributed by atoms with Crippen molar-refractivity contribution in [3.8, 4) is 5.75 Å². The molecule has 0 saturated carbocycles. The molecule has 0 spiro atoms. The Morgan fingerprint density at radius 2 is 1.92 bits per heavy atom. The van der Waals surface area contributed by atoms with Crippen LogP contribution in [0.5, 0.6) is 5.75 Å². The van der Waals surface area contributed by atoms with Gasteiger partial charge in [-0.15, -0.1) is 0 Å². The van der Waals surface area contributed by atoms with Crippen LogP contribution in [0.4, 0.5) is 0 Å². The molecule has 2 N–H and O–H groups in total. The first kappa shape index (κ1) is 18.5. The highest BCUT2D eigenvalue weighted by atomic mass is 16.5. The van der Waals surface area contributed by atoms with Crippen molar-refractivity contribution < 1.29 is 24.2 Å². The molecule has 0 radical (unpaired) electrons. The van der Waals surface area contributed by atoms with Gasteiger partial charge in [-0.3, -0.25) is 0 Å². The number of aliphatic hydroxyl groups is 2. The molecule has 0 aliphatic heterocycles. The molecule has 1 heterocycles. The minimum atomic E-state index is -0.994. The molecule has 0 bridgehead atoms. The first-order chi connectivity index (χ1) is 11.8. The van der Waals surface area contributed by atoms with Crippen LogP contribution in [-0.4, -0.2) is 22.3 Å². The fourth-order valence-electron chi connectivity index (χ4n) is 2.10. The molecule has 1 atom stereocenters. The number of carbonyl (C=O) groups excluding carboxylic acids is 1. The van der Waals surface area contributed by atoms with Crippen molar-refractivity contribution in [3.05, 3.63) is 63.7 Å². The SMILES string of the molecule is CC(C)=CCC(O)/C(C)=C(/O)C(=O)Oc1ccc2ccc(=O)oc2c1. The number of rotatable bonds is 5. The first-order valence-electron chi connectivity index (χ1n) is 7.75. The Bertz CT molecular complexity index is 900. The summed E-state index contributed by atoms with van der Waals surface area (Å²) in [7, 11) is 0. The summed E-state index contributed by atoms with van der Waals surface area (Å²) in [6.45, 7) is 5.23. The Balaban J connectivity index is 2.18. The molecule has 0 fully saturated rings. The van der Waals surface area contributed by atoms with Gasteiger partial charge < -0.3 is 19.4 Å². The lowest BCUT2D eigenvalue weighted by Gasteiger charge is -2.12. The molecule has 0 saturated heterocycles. The van der Waals surface area contributed by atoms with E-state index in [4.69, 9.17) is 9.15 Å². The number of ether oxygens (including phenoxy) is 1. The van der Waals surface area contributed by atoms with E-state index in [9.17, 15) is 19.8 Å². The van der Waals surface area contributed by atoms with Crippen molar-refractivity contribution in [3.63, 3.8) is 0 Å². The van der Waals surface area contributed by atoms with Crippen LogP contribution >= 0.6 is 0 Å². The van der Waals surface area contributed by atoms with Gasteiger partial charge in [0.05, 0.1) is 6.10 Å². The second kappa shape index (κ2) is 7.81. The second-order valence-corrected chi connectivity index (χ2v) is 5.91. The highest BCUT2D eigenvalue weighted by molar-refractivity contribution is 5.89. The van der Waals surface area contributed by atoms with Crippen molar-refractivity contribution >= 4 is 16.9 Å². The molecule has 6 heteroatoms. The van der Waals surface area contributed by atoms with E-state index in [2.05, 4.69) is 0 Å². The average Bonchev–Trinajstić information content (AvgIpc) is 2.57. The third-order valence-electron chi connectivity index (χ3n) is 3.62. The lowest BCUT2D eigenvalue weighted by Crippen LogP contribution is -2.18. The molecule has 6 nitrogen and oxygen atoms in total. The summed E-state index contributed by atoms with van der Waals surface area (Å²) in [6, 6.07) is 7.41. The van der Waals surface area contributed by atoms with Gasteiger partial charge in [0.15, 0.2) is 0 Å². The number of aliphatic hydroxyl groups excluding tert-OH is 2. The molecule has 0 aliphatic carbocycles. The van der Waals surface area contributed by atoms with Gasteiger partial charge in [-0.05, 0) is 45.4 Å². The number of benzene rings is 1. The minimum Gasteiger partial charge on any atom is -0.502 e. The molecule has 1 aromatic heterocycles. The smallest absolute Gasteiger partial charge is 0.378 e. The van der Waals surface area contributed by atoms with E-state index in [1.165, 1.54) is 25.1 Å². The summed E-state index contributed by atoms with van der Waals surface area (Å²) in [5.74, 6) is -1.53. The predicted octanol–water partition coefficient (Wildman–Crippen LogP) is 3.25. The number of hydrogen-bond donors (Lipinski definition) is 2. The van der Waals surface area contributed by atoms with E-state index >= 15 is 0 Å². The van der Waals surface area contributed by atoms with Gasteiger partial charge in [-0.25, -0.2) is 9.59 Å². The molecule has 2 aromatic rings. The fourth-order valence-corrected chi connectivity index (χ4v) is 2.10. The largest absolute Gasteiger partial charge is 0.502 e. The highest BCUT2D eigenvalue weighted by Gasteiger charge is 2.19. The zero-order valence-electron chi connectivity index (χ0n) is 14.3. The molecule has 25 heavy (non-hydrogen) atoms. The minimum absolute atomic E-state index is 0.116. The van der Waals surface area contributed by atoms with Crippen LogP contribution in [0.3, 0.4) is 0 Å². The monoisotopic (exact) mass is 344 g/mol. The van der Waals surface area contributed by atoms with E-state index in [1.54, 1.807) is 18.2 Å². The maximum atomic E-state index is 12.1. The van der Waals surface area contributed by atoms with Gasteiger partial charge in [-0.1, -0.05) is 11.6 Å². The normalized spacial score (nSPS) is 13.1. The second-order valence-electron chi connectivity index (χ2n) is 5.91. The first-order valence-corrected chi connectivity index (χ1v) is 7.75. The Labute approximate surface area is 144 Å². The Kier molecular flexibility index (Phi) is 5.77. The molecule has 2 rings (SSSR count). The van der Waals surface area contributed by atoms with Crippen molar-refractivity contribution in [1.29, 1.82) is 0 Å². The number of esters is 1.